The van der Waals surface area contributed by atoms with E-state index >= 15 is 0 Å². The van der Waals surface area contributed by atoms with Crippen LogP contribution in [-0.4, -0.2) is 5.78 Å². The summed E-state index contributed by atoms with van der Waals surface area (Å²) in [7, 11) is 0. The van der Waals surface area contributed by atoms with Crippen LogP contribution in [0.25, 0.3) is 0 Å². The van der Waals surface area contributed by atoms with Gasteiger partial charge >= 0.3 is 0 Å². The molecule has 0 aliphatic heterocycles. The summed E-state index contributed by atoms with van der Waals surface area (Å²) in [6, 6.07) is 8.36. The lowest BCUT2D eigenvalue weighted by Gasteiger charge is -2.25. The molecule has 0 atom stereocenters. The van der Waals surface area contributed by atoms with Crippen LogP contribution in [0.15, 0.2) is 24.3 Å². The van der Waals surface area contributed by atoms with Crippen LogP contribution in [0.4, 0.5) is 0 Å². The zero-order valence-corrected chi connectivity index (χ0v) is 11.0. The van der Waals surface area contributed by atoms with Gasteiger partial charge in [-0.05, 0) is 31.7 Å². The summed E-state index contributed by atoms with van der Waals surface area (Å²) in [5.74, 6) is 0.460. The molecule has 1 nitrogen and oxygen atoms in total. The van der Waals surface area contributed by atoms with E-state index in [4.69, 9.17) is 0 Å². The minimum absolute atomic E-state index is 0.00485. The number of hydrogen-bond donors (Lipinski definition) is 0. The van der Waals surface area contributed by atoms with E-state index in [1.165, 1.54) is 24.0 Å². The molecule has 0 bridgehead atoms. The molecule has 1 heteroatoms. The number of carbonyl (C=O) groups excluding carboxylic acids is 1. The Bertz CT molecular complexity index is 382. The van der Waals surface area contributed by atoms with Gasteiger partial charge in [0, 0.05) is 11.8 Å². The summed E-state index contributed by atoms with van der Waals surface area (Å²) in [5.41, 5.74) is 2.43. The van der Waals surface area contributed by atoms with Gasteiger partial charge in [0.1, 0.15) is 5.78 Å². The van der Waals surface area contributed by atoms with E-state index in [0.29, 0.717) is 12.2 Å². The molecular weight excluding hydrogens is 208 g/mol. The van der Waals surface area contributed by atoms with Crippen LogP contribution in [0.5, 0.6) is 0 Å². The van der Waals surface area contributed by atoms with Crippen LogP contribution in [-0.2, 0) is 11.2 Å². The second-order valence-electron chi connectivity index (χ2n) is 5.43. The SMILES string of the molecule is CCC1(C(=O)Cc2ccc(C)cc2)CCCC1. The Kier molecular flexibility index (Phi) is 3.66. The summed E-state index contributed by atoms with van der Waals surface area (Å²) in [5, 5.41) is 0. The molecule has 1 aromatic carbocycles. The minimum Gasteiger partial charge on any atom is -0.299 e. The van der Waals surface area contributed by atoms with Crippen molar-refractivity contribution in [3.8, 4) is 0 Å². The topological polar surface area (TPSA) is 17.1 Å². The van der Waals surface area contributed by atoms with Gasteiger partial charge in [-0.15, -0.1) is 0 Å². The van der Waals surface area contributed by atoms with Crippen molar-refractivity contribution < 1.29 is 4.79 Å². The molecule has 0 spiro atoms. The molecule has 17 heavy (non-hydrogen) atoms. The van der Waals surface area contributed by atoms with Crippen molar-refractivity contribution in [2.75, 3.05) is 0 Å². The highest BCUT2D eigenvalue weighted by Gasteiger charge is 2.38. The molecule has 0 N–H and O–H groups in total. The second-order valence-corrected chi connectivity index (χ2v) is 5.43. The van der Waals surface area contributed by atoms with Gasteiger partial charge in [-0.2, -0.15) is 0 Å². The molecule has 1 aliphatic rings. The van der Waals surface area contributed by atoms with Crippen LogP contribution in [0.3, 0.4) is 0 Å². The number of ketones is 1. The van der Waals surface area contributed by atoms with E-state index < -0.39 is 0 Å². The van der Waals surface area contributed by atoms with Crippen molar-refractivity contribution in [2.45, 2.75) is 52.4 Å². The van der Waals surface area contributed by atoms with Gasteiger partial charge in [-0.3, -0.25) is 4.79 Å². The van der Waals surface area contributed by atoms with Crippen molar-refractivity contribution in [2.24, 2.45) is 5.41 Å². The Morgan fingerprint density at radius 1 is 1.18 bits per heavy atom. The Hall–Kier alpha value is -1.11. The molecule has 0 aromatic heterocycles. The largest absolute Gasteiger partial charge is 0.299 e. The predicted molar refractivity (Wildman–Crippen MR) is 71.1 cm³/mol. The molecular formula is C16H22O. The first-order valence-electron chi connectivity index (χ1n) is 6.75. The van der Waals surface area contributed by atoms with Gasteiger partial charge < -0.3 is 0 Å². The molecule has 0 radical (unpaired) electrons. The quantitative estimate of drug-likeness (QED) is 0.761. The monoisotopic (exact) mass is 230 g/mol. The Balaban J connectivity index is 2.08. The van der Waals surface area contributed by atoms with Crippen molar-refractivity contribution in [1.29, 1.82) is 0 Å². The van der Waals surface area contributed by atoms with Gasteiger partial charge in [-0.1, -0.05) is 49.6 Å². The van der Waals surface area contributed by atoms with Gasteiger partial charge in [-0.25, -0.2) is 0 Å². The predicted octanol–water partition coefficient (Wildman–Crippen LogP) is 4.08. The summed E-state index contributed by atoms with van der Waals surface area (Å²) < 4.78 is 0. The third kappa shape index (κ3) is 2.59. The minimum atomic E-state index is 0.00485. The lowest BCUT2D eigenvalue weighted by Crippen LogP contribution is -2.28. The van der Waals surface area contributed by atoms with E-state index in [-0.39, 0.29) is 5.41 Å². The fraction of sp³-hybridized carbons (Fsp3) is 0.562. The Morgan fingerprint density at radius 3 is 2.29 bits per heavy atom. The normalized spacial score (nSPS) is 18.2. The second kappa shape index (κ2) is 5.03. The number of benzene rings is 1. The van der Waals surface area contributed by atoms with Gasteiger partial charge in [0.2, 0.25) is 0 Å². The summed E-state index contributed by atoms with van der Waals surface area (Å²) in [4.78, 5) is 12.5. The first-order chi connectivity index (χ1) is 8.16. The van der Waals surface area contributed by atoms with E-state index in [1.54, 1.807) is 0 Å². The molecule has 1 saturated carbocycles. The number of hydrogen-bond acceptors (Lipinski definition) is 1. The zero-order valence-electron chi connectivity index (χ0n) is 11.0. The molecule has 0 saturated heterocycles. The molecule has 1 aromatic rings. The molecule has 1 aliphatic carbocycles. The first-order valence-corrected chi connectivity index (χ1v) is 6.75. The van der Waals surface area contributed by atoms with Gasteiger partial charge in [0.25, 0.3) is 0 Å². The molecule has 1 fully saturated rings. The van der Waals surface area contributed by atoms with E-state index in [2.05, 4.69) is 38.1 Å². The molecule has 2 rings (SSSR count). The zero-order chi connectivity index (χ0) is 12.3. The molecule has 0 unspecified atom stereocenters. The van der Waals surface area contributed by atoms with Crippen LogP contribution in [0.2, 0.25) is 0 Å². The maximum atomic E-state index is 12.5. The van der Waals surface area contributed by atoms with Crippen molar-refractivity contribution in [1.82, 2.24) is 0 Å². The number of aryl methyl sites for hydroxylation is 1. The van der Waals surface area contributed by atoms with Gasteiger partial charge in [0.15, 0.2) is 0 Å². The van der Waals surface area contributed by atoms with Gasteiger partial charge in [0.05, 0.1) is 0 Å². The van der Waals surface area contributed by atoms with Crippen molar-refractivity contribution in [3.63, 3.8) is 0 Å². The number of Topliss-reactive ketones (excluding diaryl/α,β-unsaturated/α-hetero) is 1. The third-order valence-electron chi connectivity index (χ3n) is 4.31. The van der Waals surface area contributed by atoms with Crippen LogP contribution in [0, 0.1) is 12.3 Å². The van der Waals surface area contributed by atoms with E-state index in [9.17, 15) is 4.79 Å². The van der Waals surface area contributed by atoms with Crippen LogP contribution >= 0.6 is 0 Å². The molecule has 0 amide bonds. The van der Waals surface area contributed by atoms with E-state index in [1.807, 2.05) is 0 Å². The highest BCUT2D eigenvalue weighted by molar-refractivity contribution is 5.87. The highest BCUT2D eigenvalue weighted by atomic mass is 16.1. The maximum Gasteiger partial charge on any atom is 0.143 e. The average molecular weight is 230 g/mol. The lowest BCUT2D eigenvalue weighted by molar-refractivity contribution is -0.128. The van der Waals surface area contributed by atoms with Crippen molar-refractivity contribution >= 4 is 5.78 Å². The Labute approximate surface area is 104 Å². The fourth-order valence-corrected chi connectivity index (χ4v) is 2.96. The van der Waals surface area contributed by atoms with Crippen LogP contribution < -0.4 is 0 Å². The lowest BCUT2D eigenvalue weighted by atomic mass is 9.77. The molecule has 0 heterocycles. The summed E-state index contributed by atoms with van der Waals surface area (Å²) in [6.07, 6.45) is 6.30. The fourth-order valence-electron chi connectivity index (χ4n) is 2.96. The maximum absolute atomic E-state index is 12.5. The summed E-state index contributed by atoms with van der Waals surface area (Å²) in [6.45, 7) is 4.24. The van der Waals surface area contributed by atoms with Crippen molar-refractivity contribution in [3.05, 3.63) is 35.4 Å². The van der Waals surface area contributed by atoms with Crippen LogP contribution in [0.1, 0.15) is 50.2 Å². The summed E-state index contributed by atoms with van der Waals surface area (Å²) >= 11 is 0. The third-order valence-corrected chi connectivity index (χ3v) is 4.31. The average Bonchev–Trinajstić information content (AvgIpc) is 2.82. The first kappa shape index (κ1) is 12.3. The van der Waals surface area contributed by atoms with E-state index in [0.717, 1.165) is 19.3 Å². The smallest absolute Gasteiger partial charge is 0.143 e. The number of carbonyl (C=O) groups is 1. The standard InChI is InChI=1S/C16H22O/c1-3-16(10-4-5-11-16)15(17)12-14-8-6-13(2)7-9-14/h6-9H,3-5,10-12H2,1-2H3. The molecule has 92 valence electrons. The Morgan fingerprint density at radius 2 is 1.76 bits per heavy atom. The number of rotatable bonds is 4. The highest BCUT2D eigenvalue weighted by Crippen LogP contribution is 2.42.